The van der Waals surface area contributed by atoms with Gasteiger partial charge in [-0.1, -0.05) is 55.8 Å². The summed E-state index contributed by atoms with van der Waals surface area (Å²) in [6.07, 6.45) is 2.75. The number of hydrogen-bond acceptors (Lipinski definition) is 2. The second-order valence-electron chi connectivity index (χ2n) is 7.20. The first-order valence-corrected chi connectivity index (χ1v) is 10.3. The van der Waals surface area contributed by atoms with E-state index in [9.17, 15) is 9.59 Å². The molecular formula is C23H27ClN2O2. The molecule has 148 valence electrons. The smallest absolute Gasteiger partial charge is 0.227 e. The zero-order valence-corrected chi connectivity index (χ0v) is 17.3. The van der Waals surface area contributed by atoms with Crippen LogP contribution in [0.3, 0.4) is 0 Å². The predicted octanol–water partition coefficient (Wildman–Crippen LogP) is 4.18. The van der Waals surface area contributed by atoms with Crippen molar-refractivity contribution < 1.29 is 9.59 Å². The van der Waals surface area contributed by atoms with E-state index in [4.69, 9.17) is 11.6 Å². The quantitative estimate of drug-likeness (QED) is 0.760. The summed E-state index contributed by atoms with van der Waals surface area (Å²) in [5, 5.41) is 3.69. The molecule has 5 heteroatoms. The maximum absolute atomic E-state index is 12.7. The Morgan fingerprint density at radius 1 is 1.11 bits per heavy atom. The van der Waals surface area contributed by atoms with Gasteiger partial charge in [-0.15, -0.1) is 0 Å². The van der Waals surface area contributed by atoms with Gasteiger partial charge < -0.3 is 10.2 Å². The average molecular weight is 399 g/mol. The summed E-state index contributed by atoms with van der Waals surface area (Å²) in [5.41, 5.74) is 4.46. The molecule has 1 heterocycles. The minimum absolute atomic E-state index is 0.0356. The SMILES string of the molecule is CCc1cccc(CC)c1N1CC(C(=O)NCCc2ccc(Cl)cc2)CC1=O. The zero-order chi connectivity index (χ0) is 20.1. The molecule has 1 saturated heterocycles. The van der Waals surface area contributed by atoms with Crippen molar-refractivity contribution in [2.24, 2.45) is 5.92 Å². The van der Waals surface area contributed by atoms with Crippen LogP contribution in [0.2, 0.25) is 5.02 Å². The number of rotatable bonds is 7. The molecule has 0 spiro atoms. The second-order valence-corrected chi connectivity index (χ2v) is 7.64. The number of hydrogen-bond donors (Lipinski definition) is 1. The Balaban J connectivity index is 1.62. The minimum atomic E-state index is -0.299. The topological polar surface area (TPSA) is 49.4 Å². The van der Waals surface area contributed by atoms with Crippen LogP contribution in [0.4, 0.5) is 5.69 Å². The van der Waals surface area contributed by atoms with Crippen LogP contribution in [0, 0.1) is 5.92 Å². The van der Waals surface area contributed by atoms with Gasteiger partial charge in [0, 0.05) is 30.2 Å². The second kappa shape index (κ2) is 9.24. The number of para-hydroxylation sites is 1. The molecule has 1 aliphatic rings. The van der Waals surface area contributed by atoms with Gasteiger partial charge in [-0.2, -0.15) is 0 Å². The standard InChI is InChI=1S/C23H27ClN2O2/c1-3-17-6-5-7-18(4-2)22(17)26-15-19(14-21(26)27)23(28)25-13-12-16-8-10-20(24)11-9-16/h5-11,19H,3-4,12-15H2,1-2H3,(H,25,28). The fourth-order valence-electron chi connectivity index (χ4n) is 3.79. The fraction of sp³-hybridized carbons (Fsp3) is 0.391. The van der Waals surface area contributed by atoms with Crippen LogP contribution in [0.25, 0.3) is 0 Å². The van der Waals surface area contributed by atoms with Crippen LogP contribution in [-0.4, -0.2) is 24.9 Å². The Bertz CT molecular complexity index is 826. The minimum Gasteiger partial charge on any atom is -0.355 e. The number of amides is 2. The van der Waals surface area contributed by atoms with Crippen LogP contribution in [0.5, 0.6) is 0 Å². The lowest BCUT2D eigenvalue weighted by atomic mass is 10.0. The average Bonchev–Trinajstić information content (AvgIpc) is 3.10. The van der Waals surface area contributed by atoms with Crippen molar-refractivity contribution in [1.82, 2.24) is 5.32 Å². The number of nitrogens with zero attached hydrogens (tertiary/aromatic N) is 1. The number of anilines is 1. The van der Waals surface area contributed by atoms with E-state index in [-0.39, 0.29) is 24.2 Å². The number of carbonyl (C=O) groups is 2. The molecule has 1 unspecified atom stereocenters. The number of carbonyl (C=O) groups excluding carboxylic acids is 2. The lowest BCUT2D eigenvalue weighted by Crippen LogP contribution is -2.34. The first-order valence-electron chi connectivity index (χ1n) is 9.96. The van der Waals surface area contributed by atoms with E-state index in [1.54, 1.807) is 0 Å². The Hall–Kier alpha value is -2.33. The van der Waals surface area contributed by atoms with Crippen molar-refractivity contribution in [1.29, 1.82) is 0 Å². The normalized spacial score (nSPS) is 16.5. The van der Waals surface area contributed by atoms with E-state index in [1.807, 2.05) is 35.2 Å². The van der Waals surface area contributed by atoms with Gasteiger partial charge in [-0.3, -0.25) is 9.59 Å². The molecule has 0 radical (unpaired) electrons. The van der Waals surface area contributed by atoms with Gasteiger partial charge in [0.05, 0.1) is 5.92 Å². The summed E-state index contributed by atoms with van der Waals surface area (Å²) in [6, 6.07) is 13.8. The van der Waals surface area contributed by atoms with E-state index < -0.39 is 0 Å². The molecule has 4 nitrogen and oxygen atoms in total. The van der Waals surface area contributed by atoms with Crippen molar-refractivity contribution in [2.75, 3.05) is 18.0 Å². The van der Waals surface area contributed by atoms with Gasteiger partial charge in [0.1, 0.15) is 0 Å². The molecule has 1 atom stereocenters. The van der Waals surface area contributed by atoms with Crippen molar-refractivity contribution >= 4 is 29.1 Å². The third-order valence-corrected chi connectivity index (χ3v) is 5.61. The summed E-state index contributed by atoms with van der Waals surface area (Å²) < 4.78 is 0. The highest BCUT2D eigenvalue weighted by Crippen LogP contribution is 2.32. The molecule has 3 rings (SSSR count). The number of nitrogens with one attached hydrogen (secondary N) is 1. The lowest BCUT2D eigenvalue weighted by Gasteiger charge is -2.23. The van der Waals surface area contributed by atoms with Crippen molar-refractivity contribution in [3.63, 3.8) is 0 Å². The first-order chi connectivity index (χ1) is 13.5. The van der Waals surface area contributed by atoms with Gasteiger partial charge in [-0.25, -0.2) is 0 Å². The maximum atomic E-state index is 12.7. The number of aryl methyl sites for hydroxylation is 2. The molecular weight excluding hydrogens is 372 g/mol. The van der Waals surface area contributed by atoms with Gasteiger partial charge >= 0.3 is 0 Å². The highest BCUT2D eigenvalue weighted by molar-refractivity contribution is 6.30. The van der Waals surface area contributed by atoms with Crippen LogP contribution in [0.15, 0.2) is 42.5 Å². The monoisotopic (exact) mass is 398 g/mol. The Morgan fingerprint density at radius 3 is 2.36 bits per heavy atom. The fourth-order valence-corrected chi connectivity index (χ4v) is 3.91. The molecule has 0 bridgehead atoms. The highest BCUT2D eigenvalue weighted by atomic mass is 35.5. The molecule has 1 N–H and O–H groups in total. The van der Waals surface area contributed by atoms with Crippen LogP contribution in [0.1, 0.15) is 37.0 Å². The molecule has 2 amide bonds. The molecule has 0 saturated carbocycles. The highest BCUT2D eigenvalue weighted by Gasteiger charge is 2.36. The number of halogens is 1. The largest absolute Gasteiger partial charge is 0.355 e. The predicted molar refractivity (Wildman–Crippen MR) is 114 cm³/mol. The third-order valence-electron chi connectivity index (χ3n) is 5.36. The molecule has 28 heavy (non-hydrogen) atoms. The summed E-state index contributed by atoms with van der Waals surface area (Å²) in [4.78, 5) is 27.1. The molecule has 0 aromatic heterocycles. The number of benzene rings is 2. The Labute approximate surface area is 171 Å². The van der Waals surface area contributed by atoms with Crippen molar-refractivity contribution in [3.8, 4) is 0 Å². The van der Waals surface area contributed by atoms with Crippen molar-refractivity contribution in [2.45, 2.75) is 39.5 Å². The molecule has 2 aromatic carbocycles. The zero-order valence-electron chi connectivity index (χ0n) is 16.5. The van der Waals surface area contributed by atoms with Gasteiger partial charge in [0.15, 0.2) is 0 Å². The van der Waals surface area contributed by atoms with Gasteiger partial charge in [-0.05, 0) is 48.1 Å². The van der Waals surface area contributed by atoms with E-state index >= 15 is 0 Å². The maximum Gasteiger partial charge on any atom is 0.227 e. The van der Waals surface area contributed by atoms with E-state index in [0.29, 0.717) is 18.1 Å². The van der Waals surface area contributed by atoms with E-state index in [0.717, 1.165) is 41.6 Å². The molecule has 0 aliphatic carbocycles. The van der Waals surface area contributed by atoms with E-state index in [2.05, 4.69) is 31.3 Å². The van der Waals surface area contributed by atoms with Gasteiger partial charge in [0.25, 0.3) is 0 Å². The van der Waals surface area contributed by atoms with Crippen LogP contribution < -0.4 is 10.2 Å². The Morgan fingerprint density at radius 2 is 1.75 bits per heavy atom. The summed E-state index contributed by atoms with van der Waals surface area (Å²) in [5.74, 6) is -0.308. The molecule has 1 fully saturated rings. The summed E-state index contributed by atoms with van der Waals surface area (Å²) >= 11 is 5.90. The molecule has 2 aromatic rings. The first kappa shape index (κ1) is 20.4. The van der Waals surface area contributed by atoms with Crippen LogP contribution in [-0.2, 0) is 28.9 Å². The molecule has 1 aliphatic heterocycles. The Kier molecular flexibility index (Phi) is 6.74. The lowest BCUT2D eigenvalue weighted by molar-refractivity contribution is -0.126. The van der Waals surface area contributed by atoms with E-state index in [1.165, 1.54) is 0 Å². The third kappa shape index (κ3) is 4.56. The van der Waals surface area contributed by atoms with Crippen LogP contribution >= 0.6 is 11.6 Å². The summed E-state index contributed by atoms with van der Waals surface area (Å²) in [6.45, 7) is 5.20. The summed E-state index contributed by atoms with van der Waals surface area (Å²) in [7, 11) is 0. The van der Waals surface area contributed by atoms with Gasteiger partial charge in [0.2, 0.25) is 11.8 Å². The van der Waals surface area contributed by atoms with Crippen molar-refractivity contribution in [3.05, 3.63) is 64.2 Å².